The first-order valence-corrected chi connectivity index (χ1v) is 11.4. The molecule has 0 spiro atoms. The molecule has 0 N–H and O–H groups in total. The normalized spacial score (nSPS) is 15.1. The predicted molar refractivity (Wildman–Crippen MR) is 130 cm³/mol. The van der Waals surface area contributed by atoms with E-state index in [-0.39, 0.29) is 34.9 Å². The van der Waals surface area contributed by atoms with Gasteiger partial charge in [-0.3, -0.25) is 18.7 Å². The SMILES string of the molecule is Cc1cc(C(=O)Cn2c(Cl)nc3c2c(=O)n(C)c(=O)n3C)c(C)n1CC1COc2ccccc2O1. The fourth-order valence-corrected chi connectivity index (χ4v) is 4.74. The predicted octanol–water partition coefficient (Wildman–Crippen LogP) is 2.23. The third-order valence-electron chi connectivity index (χ3n) is 6.43. The van der Waals surface area contributed by atoms with Gasteiger partial charge in [0.1, 0.15) is 6.61 Å². The van der Waals surface area contributed by atoms with E-state index in [0.29, 0.717) is 30.2 Å². The number of aromatic nitrogens is 5. The van der Waals surface area contributed by atoms with Crippen molar-refractivity contribution < 1.29 is 14.3 Å². The first kappa shape index (κ1) is 23.0. The van der Waals surface area contributed by atoms with Gasteiger partial charge in [-0.05, 0) is 43.6 Å². The highest BCUT2D eigenvalue weighted by molar-refractivity contribution is 6.29. The molecule has 0 radical (unpaired) electrons. The molecular weight excluding hydrogens is 474 g/mol. The second-order valence-corrected chi connectivity index (χ2v) is 9.00. The first-order chi connectivity index (χ1) is 16.7. The molecule has 0 saturated carbocycles. The number of ether oxygens (including phenoxy) is 2. The zero-order valence-corrected chi connectivity index (χ0v) is 20.5. The van der Waals surface area contributed by atoms with E-state index in [0.717, 1.165) is 16.0 Å². The van der Waals surface area contributed by atoms with Gasteiger partial charge in [0.2, 0.25) is 5.28 Å². The van der Waals surface area contributed by atoms with Gasteiger partial charge in [-0.15, -0.1) is 0 Å². The lowest BCUT2D eigenvalue weighted by Gasteiger charge is -2.27. The summed E-state index contributed by atoms with van der Waals surface area (Å²) >= 11 is 6.29. The van der Waals surface area contributed by atoms with Crippen LogP contribution in [0.4, 0.5) is 0 Å². The van der Waals surface area contributed by atoms with Gasteiger partial charge in [0.05, 0.1) is 13.1 Å². The lowest BCUT2D eigenvalue weighted by Crippen LogP contribution is -2.37. The van der Waals surface area contributed by atoms with Crippen molar-refractivity contribution in [2.24, 2.45) is 14.1 Å². The first-order valence-electron chi connectivity index (χ1n) is 11.1. The Bertz CT molecular complexity index is 1610. The average molecular weight is 498 g/mol. The zero-order valence-electron chi connectivity index (χ0n) is 19.7. The summed E-state index contributed by atoms with van der Waals surface area (Å²) in [5.41, 5.74) is 1.35. The molecule has 1 unspecified atom stereocenters. The van der Waals surface area contributed by atoms with Gasteiger partial charge in [-0.1, -0.05) is 12.1 Å². The third-order valence-corrected chi connectivity index (χ3v) is 6.72. The van der Waals surface area contributed by atoms with E-state index < -0.39 is 11.2 Å². The highest BCUT2D eigenvalue weighted by Crippen LogP contribution is 2.31. The number of para-hydroxylation sites is 2. The summed E-state index contributed by atoms with van der Waals surface area (Å²) < 4.78 is 17.5. The highest BCUT2D eigenvalue weighted by atomic mass is 35.5. The van der Waals surface area contributed by atoms with Crippen LogP contribution < -0.4 is 20.7 Å². The lowest BCUT2D eigenvalue weighted by atomic mass is 10.1. The lowest BCUT2D eigenvalue weighted by molar-refractivity contribution is 0.0777. The molecule has 5 rings (SSSR count). The number of carbonyl (C=O) groups is 1. The second kappa shape index (κ2) is 8.46. The summed E-state index contributed by atoms with van der Waals surface area (Å²) in [6, 6.07) is 9.33. The van der Waals surface area contributed by atoms with Crippen LogP contribution in [0.25, 0.3) is 11.2 Å². The Labute approximate surface area is 204 Å². The summed E-state index contributed by atoms with van der Waals surface area (Å²) in [4.78, 5) is 42.5. The quantitative estimate of drug-likeness (QED) is 0.309. The number of rotatable bonds is 5. The number of aryl methyl sites for hydroxylation is 2. The topological polar surface area (TPSA) is 102 Å². The molecule has 0 fully saturated rings. The van der Waals surface area contributed by atoms with Crippen molar-refractivity contribution in [3.05, 3.63) is 73.4 Å². The van der Waals surface area contributed by atoms with Crippen molar-refractivity contribution >= 4 is 28.5 Å². The maximum Gasteiger partial charge on any atom is 0.332 e. The minimum absolute atomic E-state index is 0.0353. The molecule has 0 saturated heterocycles. The Morgan fingerprint density at radius 2 is 1.83 bits per heavy atom. The van der Waals surface area contributed by atoms with Crippen molar-refractivity contribution in [1.29, 1.82) is 0 Å². The highest BCUT2D eigenvalue weighted by Gasteiger charge is 2.25. The van der Waals surface area contributed by atoms with Crippen LogP contribution in [-0.4, -0.2) is 41.7 Å². The molecule has 0 bridgehead atoms. The summed E-state index contributed by atoms with van der Waals surface area (Å²) in [5, 5.41) is -0.0353. The monoisotopic (exact) mass is 497 g/mol. The molecule has 1 aliphatic heterocycles. The second-order valence-electron chi connectivity index (χ2n) is 8.66. The van der Waals surface area contributed by atoms with Crippen molar-refractivity contribution in [1.82, 2.24) is 23.3 Å². The smallest absolute Gasteiger partial charge is 0.332 e. The minimum Gasteiger partial charge on any atom is -0.486 e. The molecule has 4 aromatic rings. The number of halogens is 1. The summed E-state index contributed by atoms with van der Waals surface area (Å²) in [7, 11) is 2.88. The summed E-state index contributed by atoms with van der Waals surface area (Å²) in [5.74, 6) is 1.18. The van der Waals surface area contributed by atoms with Crippen LogP contribution in [0, 0.1) is 13.8 Å². The van der Waals surface area contributed by atoms with Crippen LogP contribution in [0.5, 0.6) is 11.5 Å². The number of hydrogen-bond acceptors (Lipinski definition) is 6. The number of Topliss-reactive ketones (excluding diaryl/α,β-unsaturated/α-hetero) is 1. The van der Waals surface area contributed by atoms with Crippen molar-refractivity contribution in [2.45, 2.75) is 33.0 Å². The number of ketones is 1. The van der Waals surface area contributed by atoms with Crippen LogP contribution in [0.3, 0.4) is 0 Å². The van der Waals surface area contributed by atoms with Gasteiger partial charge in [0, 0.05) is 31.0 Å². The number of fused-ring (bicyclic) bond motifs is 2. The van der Waals surface area contributed by atoms with E-state index >= 15 is 0 Å². The van der Waals surface area contributed by atoms with Crippen LogP contribution in [0.15, 0.2) is 39.9 Å². The van der Waals surface area contributed by atoms with Crippen LogP contribution in [0.2, 0.25) is 5.28 Å². The maximum absolute atomic E-state index is 13.3. The van der Waals surface area contributed by atoms with Gasteiger partial charge in [0.25, 0.3) is 5.56 Å². The molecular formula is C24H24ClN5O5. The Kier molecular flexibility index (Phi) is 5.55. The van der Waals surface area contributed by atoms with Gasteiger partial charge >= 0.3 is 5.69 Å². The van der Waals surface area contributed by atoms with E-state index in [2.05, 4.69) is 4.98 Å². The third kappa shape index (κ3) is 3.74. The van der Waals surface area contributed by atoms with E-state index in [4.69, 9.17) is 21.1 Å². The van der Waals surface area contributed by atoms with E-state index in [1.807, 2.05) is 48.7 Å². The molecule has 1 atom stereocenters. The van der Waals surface area contributed by atoms with Crippen LogP contribution >= 0.6 is 11.6 Å². The molecule has 1 aromatic carbocycles. The number of nitrogens with zero attached hydrogens (tertiary/aromatic N) is 5. The Hall–Kier alpha value is -3.79. The molecule has 35 heavy (non-hydrogen) atoms. The van der Waals surface area contributed by atoms with Crippen molar-refractivity contribution in [3.8, 4) is 11.5 Å². The Morgan fingerprint density at radius 1 is 1.11 bits per heavy atom. The number of carbonyl (C=O) groups excluding carboxylic acids is 1. The van der Waals surface area contributed by atoms with Crippen molar-refractivity contribution in [2.75, 3.05) is 6.61 Å². The van der Waals surface area contributed by atoms with Gasteiger partial charge in [-0.2, -0.15) is 4.98 Å². The van der Waals surface area contributed by atoms with E-state index in [9.17, 15) is 14.4 Å². The molecule has 0 aliphatic carbocycles. The molecule has 4 heterocycles. The molecule has 11 heteroatoms. The minimum atomic E-state index is -0.560. The van der Waals surface area contributed by atoms with Crippen LogP contribution in [0.1, 0.15) is 21.7 Å². The fraction of sp³-hybridized carbons (Fsp3) is 0.333. The molecule has 3 aromatic heterocycles. The van der Waals surface area contributed by atoms with Crippen LogP contribution in [-0.2, 0) is 27.2 Å². The maximum atomic E-state index is 13.3. The number of hydrogen-bond donors (Lipinski definition) is 0. The van der Waals surface area contributed by atoms with Gasteiger partial charge in [-0.25, -0.2) is 4.79 Å². The summed E-state index contributed by atoms with van der Waals surface area (Å²) in [6.07, 6.45) is -0.214. The van der Waals surface area contributed by atoms with Gasteiger partial charge < -0.3 is 18.6 Å². The number of imidazole rings is 1. The van der Waals surface area contributed by atoms with E-state index in [1.165, 1.54) is 23.2 Å². The molecule has 1 aliphatic rings. The van der Waals surface area contributed by atoms with E-state index in [1.54, 1.807) is 0 Å². The van der Waals surface area contributed by atoms with Gasteiger partial charge in [0.15, 0.2) is 34.6 Å². The largest absolute Gasteiger partial charge is 0.486 e. The Morgan fingerprint density at radius 3 is 2.57 bits per heavy atom. The Balaban J connectivity index is 1.44. The number of benzene rings is 1. The summed E-state index contributed by atoms with van der Waals surface area (Å²) in [6.45, 7) is 4.51. The molecule has 182 valence electrons. The molecule has 0 amide bonds. The van der Waals surface area contributed by atoms with Crippen molar-refractivity contribution in [3.63, 3.8) is 0 Å². The fourth-order valence-electron chi connectivity index (χ4n) is 4.51. The molecule has 10 nitrogen and oxygen atoms in total. The average Bonchev–Trinajstić information content (AvgIpc) is 3.32. The zero-order chi connectivity index (χ0) is 25.0. The standard InChI is InChI=1S/C24H24ClN5O5/c1-13-9-16(14(2)29(13)10-15-12-34-18-7-5-6-8-19(18)35-15)17(31)11-30-20-21(26-23(30)25)27(3)24(33)28(4)22(20)32/h5-9,15H,10-12H2,1-4H3.